The van der Waals surface area contributed by atoms with Gasteiger partial charge in [-0.15, -0.1) is 0 Å². The van der Waals surface area contributed by atoms with Gasteiger partial charge in [0.05, 0.1) is 19.8 Å². The molecule has 1 aliphatic heterocycles. The molecule has 6 atom stereocenters. The van der Waals surface area contributed by atoms with Gasteiger partial charge in [0.2, 0.25) is 0 Å². The summed E-state index contributed by atoms with van der Waals surface area (Å²) in [5.41, 5.74) is 0. The van der Waals surface area contributed by atoms with Crippen LogP contribution in [0, 0.1) is 0 Å². The minimum absolute atomic E-state index is 0.0394. The summed E-state index contributed by atoms with van der Waals surface area (Å²) in [6, 6.07) is 0. The predicted molar refractivity (Wildman–Crippen MR) is 285 cm³/mol. The lowest BCUT2D eigenvalue weighted by atomic mass is 9.99. The van der Waals surface area contributed by atoms with E-state index < -0.39 is 59.8 Å². The Kier molecular flexibility index (Phi) is 46.2. The highest BCUT2D eigenvalue weighted by molar-refractivity contribution is 7.80. The molecule has 0 bridgehead atoms. The molecule has 1 fully saturated rings. The minimum atomic E-state index is -5.07. The maximum absolute atomic E-state index is 13.0. The maximum atomic E-state index is 13.0. The Morgan fingerprint density at radius 2 is 0.943 bits per heavy atom. The molecular weight excluding hydrogens is 909 g/mol. The topological polar surface area (TPSA) is 178 Å². The largest absolute Gasteiger partial charge is 0.457 e. The minimum Gasteiger partial charge on any atom is -0.457 e. The molecule has 6 unspecified atom stereocenters. The van der Waals surface area contributed by atoms with E-state index in [1.54, 1.807) is 0 Å². The second kappa shape index (κ2) is 48.5. The fraction of sp³-hybridized carbons (Fsp3) is 0.912. The molecule has 414 valence electrons. The zero-order valence-electron chi connectivity index (χ0n) is 44.8. The van der Waals surface area contributed by atoms with Gasteiger partial charge in [0, 0.05) is 13.0 Å². The fourth-order valence-corrected chi connectivity index (χ4v) is 9.69. The van der Waals surface area contributed by atoms with Crippen molar-refractivity contribution in [3.63, 3.8) is 0 Å². The molecule has 4 N–H and O–H groups in total. The molecule has 12 nitrogen and oxygen atoms in total. The summed E-state index contributed by atoms with van der Waals surface area (Å²) in [5, 5.41) is 30.8. The van der Waals surface area contributed by atoms with Crippen molar-refractivity contribution < 1.29 is 56.2 Å². The summed E-state index contributed by atoms with van der Waals surface area (Å²) >= 11 is 0. The van der Waals surface area contributed by atoms with E-state index in [4.69, 9.17) is 18.9 Å². The van der Waals surface area contributed by atoms with E-state index >= 15 is 0 Å². The van der Waals surface area contributed by atoms with Crippen LogP contribution in [0.3, 0.4) is 0 Å². The first-order valence-electron chi connectivity index (χ1n) is 29.1. The van der Waals surface area contributed by atoms with Crippen LogP contribution in [0.25, 0.3) is 0 Å². The number of carbonyl (C=O) groups excluding carboxylic acids is 1. The van der Waals surface area contributed by atoms with Gasteiger partial charge in [0.15, 0.2) is 6.29 Å². The lowest BCUT2D eigenvalue weighted by Gasteiger charge is -2.41. The Morgan fingerprint density at radius 3 is 1.36 bits per heavy atom. The number of aliphatic hydroxyl groups is 3. The van der Waals surface area contributed by atoms with Gasteiger partial charge < -0.3 is 34.3 Å². The van der Waals surface area contributed by atoms with Crippen LogP contribution in [0.5, 0.6) is 0 Å². The summed E-state index contributed by atoms with van der Waals surface area (Å²) in [5.74, 6) is -0.397. The van der Waals surface area contributed by atoms with Gasteiger partial charge in [0.1, 0.15) is 30.5 Å². The van der Waals surface area contributed by atoms with Gasteiger partial charge in [-0.05, 0) is 44.9 Å². The van der Waals surface area contributed by atoms with Crippen LogP contribution in [0.15, 0.2) is 24.3 Å². The van der Waals surface area contributed by atoms with E-state index in [9.17, 15) is 33.1 Å². The van der Waals surface area contributed by atoms with E-state index in [1.807, 2.05) is 0 Å². The van der Waals surface area contributed by atoms with E-state index in [0.29, 0.717) is 13.0 Å². The Hall–Kier alpha value is -1.42. The number of hydrogen-bond donors (Lipinski definition) is 4. The van der Waals surface area contributed by atoms with Gasteiger partial charge in [-0.2, -0.15) is 8.42 Å². The summed E-state index contributed by atoms with van der Waals surface area (Å²) in [4.78, 5) is 13.0. The molecule has 0 spiro atoms. The number of esters is 1. The maximum Gasteiger partial charge on any atom is 0.397 e. The molecule has 0 radical (unpaired) electrons. The Morgan fingerprint density at radius 1 is 0.543 bits per heavy atom. The van der Waals surface area contributed by atoms with Crippen LogP contribution in [0.2, 0.25) is 0 Å². The van der Waals surface area contributed by atoms with Crippen molar-refractivity contribution in [1.82, 2.24) is 0 Å². The number of rotatable bonds is 52. The smallest absolute Gasteiger partial charge is 0.397 e. The van der Waals surface area contributed by atoms with Crippen molar-refractivity contribution in [2.45, 2.75) is 307 Å². The molecule has 1 saturated heterocycles. The van der Waals surface area contributed by atoms with E-state index in [0.717, 1.165) is 51.4 Å². The predicted octanol–water partition coefficient (Wildman–Crippen LogP) is 14.3. The van der Waals surface area contributed by atoms with Crippen LogP contribution in [0.1, 0.15) is 271 Å². The first kappa shape index (κ1) is 66.6. The molecule has 0 aromatic heterocycles. The first-order chi connectivity index (χ1) is 34.1. The lowest BCUT2D eigenvalue weighted by Crippen LogP contribution is -2.60. The second-order valence-corrected chi connectivity index (χ2v) is 21.3. The zero-order chi connectivity index (χ0) is 51.0. The van der Waals surface area contributed by atoms with E-state index in [1.165, 1.54) is 193 Å². The number of unbranched alkanes of at least 4 members (excludes halogenated alkanes) is 35. The lowest BCUT2D eigenvalue weighted by molar-refractivity contribution is -0.301. The summed E-state index contributed by atoms with van der Waals surface area (Å²) in [6.07, 6.45) is 49.3. The first-order valence-corrected chi connectivity index (χ1v) is 30.5. The molecule has 0 aromatic carbocycles. The standard InChI is InChI=1S/C57H108O12S/c1-3-5-7-9-11-13-15-17-19-21-23-25-27-29-31-33-35-37-39-41-43-45-47-65-49-51(50-66-57-55(61)56(69-70(62,63)64)54(60)52(48-58)68-57)67-53(59)46-44-42-40-38-36-34-32-30-28-26-24-22-20-18-16-14-12-10-8-6-4-2/h16,18,22,24,51-52,54-58,60-61H,3-15,17,19-21,23,25-50H2,1-2H3,(H,62,63,64)/b18-16-,24-22-. The summed E-state index contributed by atoms with van der Waals surface area (Å²) in [6.45, 7) is 4.04. The number of ether oxygens (including phenoxy) is 4. The van der Waals surface area contributed by atoms with Crippen LogP contribution in [0.4, 0.5) is 0 Å². The van der Waals surface area contributed by atoms with Crippen LogP contribution >= 0.6 is 0 Å². The highest BCUT2D eigenvalue weighted by Crippen LogP contribution is 2.26. The van der Waals surface area contributed by atoms with Gasteiger partial charge in [0.25, 0.3) is 0 Å². The number of hydrogen-bond acceptors (Lipinski definition) is 11. The number of aliphatic hydroxyl groups excluding tert-OH is 3. The molecule has 1 aliphatic rings. The molecule has 0 saturated carbocycles. The monoisotopic (exact) mass is 1020 g/mol. The molecule has 70 heavy (non-hydrogen) atoms. The van der Waals surface area contributed by atoms with Crippen molar-refractivity contribution in [1.29, 1.82) is 0 Å². The van der Waals surface area contributed by atoms with Gasteiger partial charge >= 0.3 is 16.4 Å². The molecule has 0 amide bonds. The average Bonchev–Trinajstić information content (AvgIpc) is 3.34. The van der Waals surface area contributed by atoms with Crippen molar-refractivity contribution in [2.24, 2.45) is 0 Å². The Balaban J connectivity index is 2.29. The molecule has 0 aliphatic carbocycles. The number of carbonyl (C=O) groups is 1. The normalized spacial score (nSPS) is 19.2. The second-order valence-electron chi connectivity index (χ2n) is 20.2. The summed E-state index contributed by atoms with van der Waals surface area (Å²) < 4.78 is 59.4. The third kappa shape index (κ3) is 41.0. The third-order valence-corrected chi connectivity index (χ3v) is 14.0. The quantitative estimate of drug-likeness (QED) is 0.0196. The van der Waals surface area contributed by atoms with Crippen molar-refractivity contribution in [2.75, 3.05) is 26.4 Å². The fourth-order valence-electron chi connectivity index (χ4n) is 9.18. The number of allylic oxidation sites excluding steroid dienone is 4. The van der Waals surface area contributed by atoms with Crippen LogP contribution in [-0.2, 0) is 38.3 Å². The van der Waals surface area contributed by atoms with E-state index in [2.05, 4.69) is 42.3 Å². The Bertz CT molecular complexity index is 1310. The molecule has 1 rings (SSSR count). The summed E-state index contributed by atoms with van der Waals surface area (Å²) in [7, 11) is -5.07. The zero-order valence-corrected chi connectivity index (χ0v) is 45.7. The van der Waals surface area contributed by atoms with Gasteiger partial charge in [-0.25, -0.2) is 4.18 Å². The van der Waals surface area contributed by atoms with Crippen molar-refractivity contribution in [3.05, 3.63) is 24.3 Å². The van der Waals surface area contributed by atoms with Crippen LogP contribution < -0.4 is 0 Å². The van der Waals surface area contributed by atoms with Crippen LogP contribution in [-0.4, -0.2) is 97.5 Å². The van der Waals surface area contributed by atoms with Crippen molar-refractivity contribution >= 4 is 16.4 Å². The Labute approximate surface area is 429 Å². The van der Waals surface area contributed by atoms with E-state index in [-0.39, 0.29) is 19.6 Å². The molecule has 0 aromatic rings. The molecule has 1 heterocycles. The molecular formula is C57H108O12S. The molecule has 13 heteroatoms. The third-order valence-electron chi connectivity index (χ3n) is 13.6. The van der Waals surface area contributed by atoms with Gasteiger partial charge in [-0.1, -0.05) is 244 Å². The SMILES string of the molecule is CCCCCCC/C=C\C/C=C\CCCCCCCCCCCC(=O)OC(COCCCCCCCCCCCCCCCCCCCCCCCC)COC1OC(CO)C(O)C(OS(=O)(=O)O)C1O. The van der Waals surface area contributed by atoms with Gasteiger partial charge in [-0.3, -0.25) is 9.35 Å². The van der Waals surface area contributed by atoms with Crippen molar-refractivity contribution in [3.8, 4) is 0 Å². The highest BCUT2D eigenvalue weighted by Gasteiger charge is 2.48. The average molecular weight is 1020 g/mol. The highest BCUT2D eigenvalue weighted by atomic mass is 32.3.